The third-order valence-corrected chi connectivity index (χ3v) is 1.52. The first-order chi connectivity index (χ1) is 4.83. The van der Waals surface area contributed by atoms with Crippen LogP contribution in [0.25, 0.3) is 0 Å². The molecule has 1 rings (SSSR count). The number of nitrogens with one attached hydrogen (secondary N) is 1. The van der Waals surface area contributed by atoms with E-state index in [0.29, 0.717) is 6.54 Å². The van der Waals surface area contributed by atoms with Crippen LogP contribution in [0.5, 0.6) is 0 Å². The zero-order chi connectivity index (χ0) is 7.40. The van der Waals surface area contributed by atoms with Crippen LogP contribution in [0.1, 0.15) is 5.56 Å². The zero-order valence-corrected chi connectivity index (χ0v) is 6.31. The van der Waals surface area contributed by atoms with Crippen molar-refractivity contribution < 1.29 is 5.21 Å². The van der Waals surface area contributed by atoms with Crippen molar-refractivity contribution in [3.8, 4) is 0 Å². The smallest absolute Gasteiger partial charge is 0.0458 e. The molecule has 54 valence electrons. The van der Waals surface area contributed by atoms with E-state index in [-0.39, 0.29) is 0 Å². The van der Waals surface area contributed by atoms with Gasteiger partial charge in [0.2, 0.25) is 0 Å². The number of benzene rings is 1. The van der Waals surface area contributed by atoms with E-state index >= 15 is 0 Å². The van der Waals surface area contributed by atoms with Crippen LogP contribution in [0.3, 0.4) is 0 Å². The molecule has 2 nitrogen and oxygen atoms in total. The summed E-state index contributed by atoms with van der Waals surface area (Å²) in [5.41, 5.74) is 3.12. The lowest BCUT2D eigenvalue weighted by Gasteiger charge is -1.97. The number of hydroxylamine groups is 1. The van der Waals surface area contributed by atoms with Gasteiger partial charge in [-0.2, -0.15) is 0 Å². The molecule has 0 radical (unpaired) electrons. The second-order valence-corrected chi connectivity index (χ2v) is 2.52. The highest BCUT2D eigenvalue weighted by atomic mass is 32.1. The molecule has 1 aromatic rings. The zero-order valence-electron chi connectivity index (χ0n) is 5.41. The Kier molecular flexibility index (Phi) is 2.74. The molecule has 0 spiro atoms. The van der Waals surface area contributed by atoms with E-state index in [4.69, 9.17) is 5.21 Å². The van der Waals surface area contributed by atoms with E-state index in [2.05, 4.69) is 18.1 Å². The molecule has 0 saturated carbocycles. The van der Waals surface area contributed by atoms with Gasteiger partial charge in [0.05, 0.1) is 0 Å². The van der Waals surface area contributed by atoms with Crippen LogP contribution in [0.15, 0.2) is 29.2 Å². The van der Waals surface area contributed by atoms with Gasteiger partial charge in [0.1, 0.15) is 0 Å². The number of rotatable bonds is 2. The topological polar surface area (TPSA) is 32.3 Å². The van der Waals surface area contributed by atoms with Gasteiger partial charge in [-0.1, -0.05) is 12.1 Å². The Balaban J connectivity index is 2.69. The molecule has 10 heavy (non-hydrogen) atoms. The normalized spacial score (nSPS) is 9.80. The van der Waals surface area contributed by atoms with Crippen LogP contribution in [0.4, 0.5) is 0 Å². The molecule has 0 aliphatic carbocycles. The molecule has 0 saturated heterocycles. The van der Waals surface area contributed by atoms with E-state index in [1.807, 2.05) is 24.3 Å². The summed E-state index contributed by atoms with van der Waals surface area (Å²) in [7, 11) is 0. The Morgan fingerprint density at radius 1 is 1.30 bits per heavy atom. The molecule has 0 bridgehead atoms. The molecule has 0 aliphatic rings. The Morgan fingerprint density at radius 3 is 2.40 bits per heavy atom. The summed E-state index contributed by atoms with van der Waals surface area (Å²) in [6.07, 6.45) is 0. The van der Waals surface area contributed by atoms with Crippen LogP contribution in [0.2, 0.25) is 0 Å². The number of hydrogen-bond acceptors (Lipinski definition) is 3. The van der Waals surface area contributed by atoms with Gasteiger partial charge >= 0.3 is 0 Å². The first-order valence-electron chi connectivity index (χ1n) is 2.98. The summed E-state index contributed by atoms with van der Waals surface area (Å²) in [6.45, 7) is 0.480. The fraction of sp³-hybridized carbons (Fsp3) is 0.143. The molecule has 0 atom stereocenters. The molecule has 0 aromatic heterocycles. The standard InChI is InChI=1S/C7H9NOS/c9-8-5-6-1-3-7(10)4-2-6/h1-4,8-10H,5H2. The maximum absolute atomic E-state index is 8.32. The highest BCUT2D eigenvalue weighted by molar-refractivity contribution is 7.80. The molecular formula is C7H9NOS. The Morgan fingerprint density at radius 2 is 1.90 bits per heavy atom. The van der Waals surface area contributed by atoms with Gasteiger partial charge in [0.25, 0.3) is 0 Å². The van der Waals surface area contributed by atoms with Crippen molar-refractivity contribution >= 4 is 12.6 Å². The Bertz CT molecular complexity index is 197. The lowest BCUT2D eigenvalue weighted by atomic mass is 10.2. The van der Waals surface area contributed by atoms with Crippen LogP contribution in [-0.2, 0) is 6.54 Å². The summed E-state index contributed by atoms with van der Waals surface area (Å²) < 4.78 is 0. The quantitative estimate of drug-likeness (QED) is 0.446. The minimum atomic E-state index is 0.480. The van der Waals surface area contributed by atoms with Crippen molar-refractivity contribution in [3.05, 3.63) is 29.8 Å². The third kappa shape index (κ3) is 2.02. The number of hydrogen-bond donors (Lipinski definition) is 3. The Hall–Kier alpha value is -0.510. The number of thiol groups is 1. The molecular weight excluding hydrogens is 146 g/mol. The summed E-state index contributed by atoms with van der Waals surface area (Å²) >= 11 is 4.12. The van der Waals surface area contributed by atoms with Crippen LogP contribution < -0.4 is 5.48 Å². The van der Waals surface area contributed by atoms with Crippen molar-refractivity contribution in [3.63, 3.8) is 0 Å². The average Bonchev–Trinajstić information content (AvgIpc) is 1.95. The van der Waals surface area contributed by atoms with E-state index in [9.17, 15) is 0 Å². The van der Waals surface area contributed by atoms with E-state index < -0.39 is 0 Å². The van der Waals surface area contributed by atoms with Crippen LogP contribution in [0, 0.1) is 0 Å². The fourth-order valence-electron chi connectivity index (χ4n) is 0.705. The predicted octanol–water partition coefficient (Wildman–Crippen LogP) is 1.45. The molecule has 0 amide bonds. The van der Waals surface area contributed by atoms with Gasteiger partial charge in [-0.15, -0.1) is 12.6 Å². The summed E-state index contributed by atoms with van der Waals surface area (Å²) in [6, 6.07) is 7.59. The summed E-state index contributed by atoms with van der Waals surface area (Å²) in [4.78, 5) is 0.932. The van der Waals surface area contributed by atoms with Gasteiger partial charge in [-0.25, -0.2) is 5.48 Å². The maximum atomic E-state index is 8.32. The van der Waals surface area contributed by atoms with Gasteiger partial charge in [-0.05, 0) is 17.7 Å². The lowest BCUT2D eigenvalue weighted by Crippen LogP contribution is -2.05. The molecule has 0 aliphatic heterocycles. The molecule has 0 unspecified atom stereocenters. The minimum absolute atomic E-state index is 0.480. The molecule has 3 heteroatoms. The van der Waals surface area contributed by atoms with E-state index in [1.165, 1.54) is 0 Å². The minimum Gasteiger partial charge on any atom is -0.316 e. The van der Waals surface area contributed by atoms with E-state index in [1.54, 1.807) is 0 Å². The lowest BCUT2D eigenvalue weighted by molar-refractivity contribution is 0.161. The predicted molar refractivity (Wildman–Crippen MR) is 42.3 cm³/mol. The second kappa shape index (κ2) is 3.61. The maximum Gasteiger partial charge on any atom is 0.0458 e. The first kappa shape index (κ1) is 7.60. The summed E-state index contributed by atoms with van der Waals surface area (Å²) in [5.74, 6) is 0. The van der Waals surface area contributed by atoms with Gasteiger partial charge in [0, 0.05) is 11.4 Å². The third-order valence-electron chi connectivity index (χ3n) is 1.22. The first-order valence-corrected chi connectivity index (χ1v) is 3.42. The monoisotopic (exact) mass is 155 g/mol. The van der Waals surface area contributed by atoms with Crippen molar-refractivity contribution in [1.82, 2.24) is 5.48 Å². The van der Waals surface area contributed by atoms with Crippen molar-refractivity contribution in [2.75, 3.05) is 0 Å². The van der Waals surface area contributed by atoms with Crippen molar-refractivity contribution in [2.24, 2.45) is 0 Å². The summed E-state index contributed by atoms with van der Waals surface area (Å²) in [5, 5.41) is 8.32. The Labute approximate surface area is 65.2 Å². The molecule has 1 aromatic carbocycles. The SMILES string of the molecule is ONCc1ccc(S)cc1. The van der Waals surface area contributed by atoms with Gasteiger partial charge in [0.15, 0.2) is 0 Å². The van der Waals surface area contributed by atoms with Crippen molar-refractivity contribution in [1.29, 1.82) is 0 Å². The van der Waals surface area contributed by atoms with Crippen molar-refractivity contribution in [2.45, 2.75) is 11.4 Å². The highest BCUT2D eigenvalue weighted by Gasteiger charge is 1.88. The van der Waals surface area contributed by atoms with Crippen LogP contribution in [-0.4, -0.2) is 5.21 Å². The molecule has 2 N–H and O–H groups in total. The van der Waals surface area contributed by atoms with E-state index in [0.717, 1.165) is 10.5 Å². The highest BCUT2D eigenvalue weighted by Crippen LogP contribution is 2.06. The van der Waals surface area contributed by atoms with Gasteiger partial charge in [-0.3, -0.25) is 0 Å². The fourth-order valence-corrected chi connectivity index (χ4v) is 0.854. The largest absolute Gasteiger partial charge is 0.316 e. The molecule has 0 fully saturated rings. The molecule has 0 heterocycles. The average molecular weight is 155 g/mol. The van der Waals surface area contributed by atoms with Gasteiger partial charge < -0.3 is 5.21 Å². The second-order valence-electron chi connectivity index (χ2n) is 2.00. The van der Waals surface area contributed by atoms with Crippen LogP contribution >= 0.6 is 12.6 Å².